The maximum absolute atomic E-state index is 14.9. The number of allylic oxidation sites excluding steroid dienone is 1. The van der Waals surface area contributed by atoms with Crippen LogP contribution in [0.15, 0.2) is 82.0 Å². The minimum atomic E-state index is -0.541. The molecule has 0 spiro atoms. The SMILES string of the molecule is CC(=S)N=C[C@H]1CN(C2C=C(F)C(Nc3ccc(-c4ccc(C)cc4)ccc3=O)=CC2)C(=O)O1. The number of carbonyl (C=O) groups excluding carboxylic acids is 1. The van der Waals surface area contributed by atoms with Crippen LogP contribution in [0, 0.1) is 6.92 Å². The topological polar surface area (TPSA) is 71.0 Å². The molecule has 0 aromatic heterocycles. The summed E-state index contributed by atoms with van der Waals surface area (Å²) in [7, 11) is 0. The minimum absolute atomic E-state index is 0.193. The van der Waals surface area contributed by atoms with Crippen LogP contribution in [-0.2, 0) is 4.74 Å². The first-order chi connectivity index (χ1) is 16.3. The number of rotatable bonds is 5. The van der Waals surface area contributed by atoms with Crippen LogP contribution in [0.4, 0.5) is 14.9 Å². The van der Waals surface area contributed by atoms with Gasteiger partial charge in [0.05, 0.1) is 29.0 Å². The molecule has 1 heterocycles. The van der Waals surface area contributed by atoms with Crippen LogP contribution in [0.2, 0.25) is 0 Å². The third-order valence-electron chi connectivity index (χ3n) is 5.61. The number of amides is 1. The number of benzene rings is 1. The molecule has 0 saturated carbocycles. The molecule has 8 heteroatoms. The zero-order valence-electron chi connectivity index (χ0n) is 18.8. The molecule has 1 amide bonds. The van der Waals surface area contributed by atoms with Gasteiger partial charge in [-0.05, 0) is 49.6 Å². The summed E-state index contributed by atoms with van der Waals surface area (Å²) in [5.41, 5.74) is 3.22. The molecular weight excluding hydrogens is 453 g/mol. The van der Waals surface area contributed by atoms with Gasteiger partial charge >= 0.3 is 6.09 Å². The maximum atomic E-state index is 14.9. The Labute approximate surface area is 202 Å². The predicted molar refractivity (Wildman–Crippen MR) is 136 cm³/mol. The fraction of sp³-hybridized carbons (Fsp3) is 0.231. The summed E-state index contributed by atoms with van der Waals surface area (Å²) < 4.78 is 20.2. The van der Waals surface area contributed by atoms with Crippen LogP contribution in [0.1, 0.15) is 18.9 Å². The van der Waals surface area contributed by atoms with E-state index in [4.69, 9.17) is 17.0 Å². The van der Waals surface area contributed by atoms with Gasteiger partial charge in [-0.25, -0.2) is 9.18 Å². The number of ether oxygens (including phenoxy) is 1. The van der Waals surface area contributed by atoms with Crippen molar-refractivity contribution in [3.63, 3.8) is 0 Å². The maximum Gasteiger partial charge on any atom is 0.411 e. The van der Waals surface area contributed by atoms with Crippen LogP contribution in [0.5, 0.6) is 0 Å². The van der Waals surface area contributed by atoms with E-state index in [9.17, 15) is 14.0 Å². The largest absolute Gasteiger partial charge is 0.438 e. The number of thiocarbonyl (C=S) groups is 1. The van der Waals surface area contributed by atoms with Crippen molar-refractivity contribution in [2.24, 2.45) is 4.99 Å². The Kier molecular flexibility index (Phi) is 6.98. The quantitative estimate of drug-likeness (QED) is 0.475. The van der Waals surface area contributed by atoms with Crippen LogP contribution >= 0.6 is 12.2 Å². The van der Waals surface area contributed by atoms with Gasteiger partial charge in [-0.2, -0.15) is 0 Å². The Balaban J connectivity index is 1.47. The molecule has 1 aliphatic carbocycles. The van der Waals surface area contributed by atoms with Crippen molar-refractivity contribution in [3.8, 4) is 11.1 Å². The van der Waals surface area contributed by atoms with E-state index in [0.29, 0.717) is 11.4 Å². The number of aryl methyl sites for hydroxylation is 1. The summed E-state index contributed by atoms with van der Waals surface area (Å²) >= 11 is 4.90. The second-order valence-corrected chi connectivity index (χ2v) is 8.79. The zero-order valence-corrected chi connectivity index (χ0v) is 19.6. The highest BCUT2D eigenvalue weighted by Gasteiger charge is 2.35. The van der Waals surface area contributed by atoms with E-state index in [1.54, 1.807) is 25.1 Å². The molecule has 2 aromatic rings. The van der Waals surface area contributed by atoms with Crippen molar-refractivity contribution in [2.75, 3.05) is 11.9 Å². The number of hydrogen-bond acceptors (Lipinski definition) is 5. The van der Waals surface area contributed by atoms with Crippen molar-refractivity contribution < 1.29 is 13.9 Å². The molecule has 2 aliphatic rings. The summed E-state index contributed by atoms with van der Waals surface area (Å²) in [5.74, 6) is -0.541. The van der Waals surface area contributed by atoms with E-state index in [1.807, 2.05) is 37.3 Å². The molecule has 1 unspecified atom stereocenters. The van der Waals surface area contributed by atoms with Gasteiger partial charge in [-0.1, -0.05) is 60.3 Å². The highest BCUT2D eigenvalue weighted by atomic mass is 32.1. The summed E-state index contributed by atoms with van der Waals surface area (Å²) in [5, 5.41) is 2.91. The lowest BCUT2D eigenvalue weighted by Gasteiger charge is -2.25. The molecule has 4 rings (SSSR count). The zero-order chi connectivity index (χ0) is 24.2. The van der Waals surface area contributed by atoms with E-state index in [1.165, 1.54) is 23.3 Å². The van der Waals surface area contributed by atoms with Gasteiger partial charge in [0.2, 0.25) is 5.43 Å². The van der Waals surface area contributed by atoms with Crippen molar-refractivity contribution in [1.29, 1.82) is 0 Å². The van der Waals surface area contributed by atoms with Crippen LogP contribution in [0.25, 0.3) is 11.1 Å². The molecule has 0 bridgehead atoms. The molecule has 1 aliphatic heterocycles. The molecule has 2 aromatic carbocycles. The molecule has 1 N–H and O–H groups in total. The van der Waals surface area contributed by atoms with Crippen molar-refractivity contribution in [1.82, 2.24) is 4.90 Å². The van der Waals surface area contributed by atoms with E-state index in [0.717, 1.165) is 16.7 Å². The van der Waals surface area contributed by atoms with Crippen LogP contribution in [-0.4, -0.2) is 40.9 Å². The summed E-state index contributed by atoms with van der Waals surface area (Å²) in [6, 6.07) is 14.2. The van der Waals surface area contributed by atoms with Gasteiger partial charge in [0, 0.05) is 6.21 Å². The van der Waals surface area contributed by atoms with E-state index >= 15 is 0 Å². The van der Waals surface area contributed by atoms with Crippen LogP contribution in [0.3, 0.4) is 0 Å². The summed E-state index contributed by atoms with van der Waals surface area (Å²) in [4.78, 5) is 30.7. The normalized spacial score (nSPS) is 20.1. The highest BCUT2D eigenvalue weighted by molar-refractivity contribution is 7.80. The highest BCUT2D eigenvalue weighted by Crippen LogP contribution is 2.27. The number of cyclic esters (lactones) is 1. The van der Waals surface area contributed by atoms with Crippen LogP contribution < -0.4 is 10.7 Å². The standard InChI is InChI=1S/C26H24FN3O3S/c1-16-3-5-18(6-4-16)19-7-10-24(25(31)12-8-19)29-23-11-9-20(13-22(23)27)30-15-21(33-26(30)32)14-28-17(2)34/h3-8,10-14,20-21H,9,15H2,1-2H3,(H,29,31)/t20?,21-/m0/s1. The van der Waals surface area contributed by atoms with Crippen molar-refractivity contribution in [3.05, 3.63) is 88.0 Å². The van der Waals surface area contributed by atoms with Gasteiger partial charge in [0.1, 0.15) is 5.83 Å². The second-order valence-electron chi connectivity index (χ2n) is 8.20. The second kappa shape index (κ2) is 10.1. The Bertz CT molecular complexity index is 1270. The average molecular weight is 478 g/mol. The van der Waals surface area contributed by atoms with Gasteiger partial charge < -0.3 is 10.1 Å². The number of anilines is 1. The van der Waals surface area contributed by atoms with Crippen molar-refractivity contribution >= 4 is 35.2 Å². The lowest BCUT2D eigenvalue weighted by Crippen LogP contribution is -2.36. The number of nitrogens with one attached hydrogen (secondary N) is 1. The average Bonchev–Trinajstić information content (AvgIpc) is 3.08. The fourth-order valence-corrected chi connectivity index (χ4v) is 3.84. The lowest BCUT2D eigenvalue weighted by molar-refractivity contribution is 0.145. The number of hydrogen-bond donors (Lipinski definition) is 1. The third kappa shape index (κ3) is 5.46. The van der Waals surface area contributed by atoms with E-state index < -0.39 is 24.1 Å². The smallest absolute Gasteiger partial charge is 0.411 e. The Hall–Kier alpha value is -3.65. The minimum Gasteiger partial charge on any atom is -0.438 e. The number of halogens is 1. The predicted octanol–water partition coefficient (Wildman–Crippen LogP) is 5.18. The van der Waals surface area contributed by atoms with Gasteiger partial charge in [0.15, 0.2) is 6.10 Å². The number of carbonyl (C=O) groups is 1. The first-order valence-electron chi connectivity index (χ1n) is 10.9. The monoisotopic (exact) mass is 477 g/mol. The molecule has 6 nitrogen and oxygen atoms in total. The molecule has 174 valence electrons. The summed E-state index contributed by atoms with van der Waals surface area (Å²) in [6.45, 7) is 3.94. The third-order valence-corrected chi connectivity index (χ3v) is 5.71. The Morgan fingerprint density at radius 2 is 1.82 bits per heavy atom. The molecule has 34 heavy (non-hydrogen) atoms. The molecule has 0 radical (unpaired) electrons. The molecule has 1 saturated heterocycles. The first-order valence-corrected chi connectivity index (χ1v) is 11.3. The molecule has 2 atom stereocenters. The Morgan fingerprint density at radius 1 is 1.15 bits per heavy atom. The van der Waals surface area contributed by atoms with Gasteiger partial charge in [-0.15, -0.1) is 0 Å². The molecular formula is C26H24FN3O3S. The van der Waals surface area contributed by atoms with E-state index in [2.05, 4.69) is 10.3 Å². The van der Waals surface area contributed by atoms with Gasteiger partial charge in [0.25, 0.3) is 0 Å². The Morgan fingerprint density at radius 3 is 2.50 bits per heavy atom. The first kappa shape index (κ1) is 23.5. The van der Waals surface area contributed by atoms with Gasteiger partial charge in [-0.3, -0.25) is 14.7 Å². The fourth-order valence-electron chi connectivity index (χ4n) is 3.78. The van der Waals surface area contributed by atoms with E-state index in [-0.39, 0.29) is 23.4 Å². The number of aliphatic imine (C=N–C) groups is 1. The lowest BCUT2D eigenvalue weighted by atomic mass is 10.0. The van der Waals surface area contributed by atoms with Crippen molar-refractivity contribution in [2.45, 2.75) is 32.4 Å². The molecule has 1 fully saturated rings. The summed E-state index contributed by atoms with van der Waals surface area (Å²) in [6.07, 6.45) is 3.81. The number of nitrogens with zero attached hydrogens (tertiary/aromatic N) is 2.